The number of nitrogens with zero attached hydrogens (tertiary/aromatic N) is 1. The second kappa shape index (κ2) is 5.23. The Kier molecular flexibility index (Phi) is 3.83. The lowest BCUT2D eigenvalue weighted by Crippen LogP contribution is -2.23. The number of benzene rings is 1. The minimum atomic E-state index is -1.08. The van der Waals surface area contributed by atoms with Crippen molar-refractivity contribution in [2.45, 2.75) is 20.0 Å². The van der Waals surface area contributed by atoms with E-state index in [0.29, 0.717) is 15.9 Å². The summed E-state index contributed by atoms with van der Waals surface area (Å²) in [6, 6.07) is 5.13. The zero-order valence-corrected chi connectivity index (χ0v) is 11.8. The highest BCUT2D eigenvalue weighted by atomic mass is 35.5. The van der Waals surface area contributed by atoms with Gasteiger partial charge in [0.15, 0.2) is 11.9 Å². The second-order valence-corrected chi connectivity index (χ2v) is 4.93. The molecule has 1 aromatic carbocycles. The van der Waals surface area contributed by atoms with Crippen LogP contribution in [0.5, 0.6) is 5.75 Å². The number of carboxylic acids is 1. The summed E-state index contributed by atoms with van der Waals surface area (Å²) >= 11 is 12.2. The van der Waals surface area contributed by atoms with E-state index in [0.717, 1.165) is 5.69 Å². The van der Waals surface area contributed by atoms with Gasteiger partial charge in [0.25, 0.3) is 0 Å². The van der Waals surface area contributed by atoms with Gasteiger partial charge in [-0.05, 0) is 32.0 Å². The van der Waals surface area contributed by atoms with Crippen LogP contribution in [0.25, 0.3) is 10.9 Å². The highest BCUT2D eigenvalue weighted by molar-refractivity contribution is 6.39. The van der Waals surface area contributed by atoms with Gasteiger partial charge >= 0.3 is 5.97 Å². The zero-order chi connectivity index (χ0) is 14.2. The van der Waals surface area contributed by atoms with E-state index in [-0.39, 0.29) is 10.8 Å². The van der Waals surface area contributed by atoms with Crippen molar-refractivity contribution in [3.63, 3.8) is 0 Å². The van der Waals surface area contributed by atoms with Gasteiger partial charge in [-0.15, -0.1) is 0 Å². The second-order valence-electron chi connectivity index (χ2n) is 4.12. The number of carbonyl (C=O) groups is 1. The lowest BCUT2D eigenvalue weighted by molar-refractivity contribution is -0.144. The molecule has 0 amide bonds. The van der Waals surface area contributed by atoms with Crippen molar-refractivity contribution in [3.05, 3.63) is 33.9 Å². The van der Waals surface area contributed by atoms with Gasteiger partial charge in [-0.1, -0.05) is 23.2 Å². The first kappa shape index (κ1) is 13.9. The number of pyridine rings is 1. The molecule has 1 atom stereocenters. The van der Waals surface area contributed by atoms with Crippen LogP contribution in [0.2, 0.25) is 10.0 Å². The predicted molar refractivity (Wildman–Crippen MR) is 74.2 cm³/mol. The van der Waals surface area contributed by atoms with Crippen molar-refractivity contribution in [1.29, 1.82) is 0 Å². The zero-order valence-electron chi connectivity index (χ0n) is 10.3. The van der Waals surface area contributed by atoms with Crippen LogP contribution < -0.4 is 4.74 Å². The topological polar surface area (TPSA) is 59.4 Å². The summed E-state index contributed by atoms with van der Waals surface area (Å²) in [6.45, 7) is 3.24. The molecule has 19 heavy (non-hydrogen) atoms. The number of hydrogen-bond donors (Lipinski definition) is 1. The molecule has 0 saturated carbocycles. The number of carboxylic acid groups (broad SMARTS) is 1. The Bertz CT molecular complexity index is 658. The summed E-state index contributed by atoms with van der Waals surface area (Å²) in [6.07, 6.45) is -1.02. The molecule has 2 aromatic rings. The molecule has 1 aromatic heterocycles. The molecule has 0 saturated heterocycles. The van der Waals surface area contributed by atoms with Crippen molar-refractivity contribution < 1.29 is 14.6 Å². The molecule has 0 aliphatic carbocycles. The van der Waals surface area contributed by atoms with E-state index in [2.05, 4.69) is 4.98 Å². The fourth-order valence-corrected chi connectivity index (χ4v) is 2.19. The van der Waals surface area contributed by atoms with Crippen LogP contribution in [0.4, 0.5) is 0 Å². The number of aromatic nitrogens is 1. The molecular formula is C13H11Cl2NO3. The van der Waals surface area contributed by atoms with Crippen LogP contribution in [0, 0.1) is 6.92 Å². The third-order valence-corrected chi connectivity index (χ3v) is 3.21. The molecular weight excluding hydrogens is 289 g/mol. The summed E-state index contributed by atoms with van der Waals surface area (Å²) < 4.78 is 5.38. The summed E-state index contributed by atoms with van der Waals surface area (Å²) in [5.41, 5.74) is 1.23. The Balaban J connectivity index is 2.64. The Morgan fingerprint density at radius 3 is 2.68 bits per heavy atom. The van der Waals surface area contributed by atoms with E-state index < -0.39 is 12.1 Å². The van der Waals surface area contributed by atoms with Gasteiger partial charge in [0.05, 0.1) is 10.0 Å². The maximum atomic E-state index is 10.9. The Morgan fingerprint density at radius 1 is 1.37 bits per heavy atom. The van der Waals surface area contributed by atoms with E-state index in [1.807, 2.05) is 13.0 Å². The fourth-order valence-electron chi connectivity index (χ4n) is 1.63. The first-order valence-corrected chi connectivity index (χ1v) is 6.30. The van der Waals surface area contributed by atoms with Crippen molar-refractivity contribution >= 4 is 40.1 Å². The van der Waals surface area contributed by atoms with Crippen molar-refractivity contribution in [1.82, 2.24) is 4.98 Å². The SMILES string of the molecule is Cc1ccc2c(Cl)cc(Cl)c(O[C@@H](C)C(=O)O)c2n1. The number of hydrogen-bond acceptors (Lipinski definition) is 3. The van der Waals surface area contributed by atoms with Gasteiger partial charge in [0.2, 0.25) is 0 Å². The largest absolute Gasteiger partial charge is 0.479 e. The third kappa shape index (κ3) is 2.74. The van der Waals surface area contributed by atoms with Gasteiger partial charge in [-0.25, -0.2) is 9.78 Å². The molecule has 0 fully saturated rings. The summed E-state index contributed by atoms with van der Waals surface area (Å²) in [7, 11) is 0. The van der Waals surface area contributed by atoms with Crippen molar-refractivity contribution in [2.75, 3.05) is 0 Å². The number of rotatable bonds is 3. The molecule has 0 aliphatic heterocycles. The lowest BCUT2D eigenvalue weighted by Gasteiger charge is -2.14. The number of aliphatic carboxylic acids is 1. The summed E-state index contributed by atoms with van der Waals surface area (Å²) in [5, 5.41) is 10.3. The molecule has 4 nitrogen and oxygen atoms in total. The standard InChI is InChI=1S/C13H11Cl2NO3/c1-6-3-4-8-9(14)5-10(15)12(11(8)16-6)19-7(2)13(17)18/h3-5,7H,1-2H3,(H,17,18)/t7-/m0/s1. The molecule has 2 rings (SSSR count). The smallest absolute Gasteiger partial charge is 0.344 e. The molecule has 1 N–H and O–H groups in total. The third-order valence-electron chi connectivity index (χ3n) is 2.62. The monoisotopic (exact) mass is 299 g/mol. The Hall–Kier alpha value is -1.52. The maximum absolute atomic E-state index is 10.9. The Morgan fingerprint density at radius 2 is 2.05 bits per heavy atom. The van der Waals surface area contributed by atoms with Gasteiger partial charge in [-0.3, -0.25) is 0 Å². The maximum Gasteiger partial charge on any atom is 0.344 e. The van der Waals surface area contributed by atoms with Crippen LogP contribution in [-0.4, -0.2) is 22.2 Å². The van der Waals surface area contributed by atoms with E-state index >= 15 is 0 Å². The summed E-state index contributed by atoms with van der Waals surface area (Å²) in [4.78, 5) is 15.2. The molecule has 0 unspecified atom stereocenters. The number of fused-ring (bicyclic) bond motifs is 1. The van der Waals surface area contributed by atoms with Gasteiger partial charge < -0.3 is 9.84 Å². The van der Waals surface area contributed by atoms with Crippen LogP contribution in [-0.2, 0) is 4.79 Å². The van der Waals surface area contributed by atoms with E-state index in [1.54, 1.807) is 6.07 Å². The molecule has 0 bridgehead atoms. The van der Waals surface area contributed by atoms with E-state index in [1.165, 1.54) is 13.0 Å². The highest BCUT2D eigenvalue weighted by Crippen LogP contribution is 2.37. The Labute approximate surface area is 119 Å². The number of halogens is 2. The molecule has 100 valence electrons. The van der Waals surface area contributed by atoms with E-state index in [4.69, 9.17) is 33.0 Å². The quantitative estimate of drug-likeness (QED) is 0.939. The molecule has 0 aliphatic rings. The molecule has 0 radical (unpaired) electrons. The van der Waals surface area contributed by atoms with Gasteiger partial charge in [0.1, 0.15) is 5.52 Å². The first-order chi connectivity index (χ1) is 8.90. The molecule has 0 spiro atoms. The highest BCUT2D eigenvalue weighted by Gasteiger charge is 2.19. The van der Waals surface area contributed by atoms with Crippen molar-refractivity contribution in [2.24, 2.45) is 0 Å². The van der Waals surface area contributed by atoms with Crippen LogP contribution in [0.15, 0.2) is 18.2 Å². The van der Waals surface area contributed by atoms with Crippen LogP contribution in [0.3, 0.4) is 0 Å². The van der Waals surface area contributed by atoms with E-state index in [9.17, 15) is 4.79 Å². The molecule has 1 heterocycles. The minimum absolute atomic E-state index is 0.236. The van der Waals surface area contributed by atoms with Crippen LogP contribution in [0.1, 0.15) is 12.6 Å². The number of ether oxygens (including phenoxy) is 1. The predicted octanol–water partition coefficient (Wildman–Crippen LogP) is 3.70. The lowest BCUT2D eigenvalue weighted by atomic mass is 10.2. The summed E-state index contributed by atoms with van der Waals surface area (Å²) in [5.74, 6) is -0.841. The number of aryl methyl sites for hydroxylation is 1. The average Bonchev–Trinajstić information content (AvgIpc) is 2.33. The first-order valence-electron chi connectivity index (χ1n) is 5.55. The fraction of sp³-hybridized carbons (Fsp3) is 0.231. The van der Waals surface area contributed by atoms with Gasteiger partial charge in [-0.2, -0.15) is 0 Å². The van der Waals surface area contributed by atoms with Crippen molar-refractivity contribution in [3.8, 4) is 5.75 Å². The minimum Gasteiger partial charge on any atom is -0.479 e. The molecule has 6 heteroatoms. The average molecular weight is 300 g/mol. The normalized spacial score (nSPS) is 12.4. The van der Waals surface area contributed by atoms with Crippen LogP contribution >= 0.6 is 23.2 Å². The van der Waals surface area contributed by atoms with Gasteiger partial charge in [0, 0.05) is 11.1 Å².